The van der Waals surface area contributed by atoms with Gasteiger partial charge in [-0.05, 0) is 6.42 Å². The summed E-state index contributed by atoms with van der Waals surface area (Å²) >= 11 is 1.07. The summed E-state index contributed by atoms with van der Waals surface area (Å²) < 4.78 is 6.26. The van der Waals surface area contributed by atoms with Crippen molar-refractivity contribution in [3.63, 3.8) is 0 Å². The van der Waals surface area contributed by atoms with Crippen LogP contribution in [0.3, 0.4) is 0 Å². The van der Waals surface area contributed by atoms with Crippen LogP contribution in [0.4, 0.5) is 0 Å². The van der Waals surface area contributed by atoms with Crippen molar-refractivity contribution >= 4 is 17.3 Å². The monoisotopic (exact) mass is 215 g/mol. The molecule has 0 spiro atoms. The molecule has 0 fully saturated rings. The summed E-state index contributed by atoms with van der Waals surface area (Å²) in [6.07, 6.45) is 3.45. The van der Waals surface area contributed by atoms with Gasteiger partial charge in [-0.1, -0.05) is 24.7 Å². The van der Waals surface area contributed by atoms with Crippen LogP contribution < -0.4 is 4.87 Å². The molecule has 78 valence electrons. The fourth-order valence-corrected chi connectivity index (χ4v) is 1.51. The lowest BCUT2D eigenvalue weighted by Crippen LogP contribution is -2.20. The maximum absolute atomic E-state index is 11.2. The number of thiazole rings is 1. The smallest absolute Gasteiger partial charge is 0.326 e. The Morgan fingerprint density at radius 2 is 2.43 bits per heavy atom. The van der Waals surface area contributed by atoms with Gasteiger partial charge in [0.25, 0.3) is 0 Å². The van der Waals surface area contributed by atoms with E-state index in [9.17, 15) is 9.59 Å². The van der Waals surface area contributed by atoms with Crippen molar-refractivity contribution in [2.24, 2.45) is 0 Å². The summed E-state index contributed by atoms with van der Waals surface area (Å²) in [5.41, 5.74) is 0. The van der Waals surface area contributed by atoms with E-state index in [0.29, 0.717) is 6.61 Å². The van der Waals surface area contributed by atoms with Crippen LogP contribution >= 0.6 is 11.3 Å². The number of carbonyl (C=O) groups is 1. The molecular weight excluding hydrogens is 202 g/mol. The Balaban J connectivity index is 2.34. The Bertz CT molecular complexity index is 342. The highest BCUT2D eigenvalue weighted by Crippen LogP contribution is 1.93. The molecule has 0 radical (unpaired) electrons. The van der Waals surface area contributed by atoms with Gasteiger partial charge in [0.05, 0.1) is 6.61 Å². The maximum atomic E-state index is 11.2. The number of unbranched alkanes of at least 4 members (excludes halogenated alkanes) is 1. The fraction of sp³-hybridized carbons (Fsp3) is 0.556. The molecular formula is C9H13NO3S. The van der Waals surface area contributed by atoms with Crippen LogP contribution in [0.2, 0.25) is 0 Å². The first kappa shape index (κ1) is 11.0. The van der Waals surface area contributed by atoms with E-state index in [2.05, 4.69) is 0 Å². The third kappa shape index (κ3) is 3.33. The van der Waals surface area contributed by atoms with Crippen molar-refractivity contribution < 1.29 is 9.53 Å². The summed E-state index contributed by atoms with van der Waals surface area (Å²) in [5.74, 6) is -0.348. The molecule has 1 heterocycles. The Labute approximate surface area is 86.1 Å². The average Bonchev–Trinajstić information content (AvgIpc) is 2.52. The second kappa shape index (κ2) is 5.59. The second-order valence-electron chi connectivity index (χ2n) is 2.87. The van der Waals surface area contributed by atoms with Gasteiger partial charge < -0.3 is 4.74 Å². The largest absolute Gasteiger partial charge is 0.464 e. The van der Waals surface area contributed by atoms with Crippen LogP contribution in [-0.2, 0) is 16.1 Å². The van der Waals surface area contributed by atoms with Crippen LogP contribution in [0.25, 0.3) is 0 Å². The molecule has 0 aliphatic heterocycles. The van der Waals surface area contributed by atoms with Gasteiger partial charge in [0.15, 0.2) is 0 Å². The van der Waals surface area contributed by atoms with Gasteiger partial charge in [0, 0.05) is 11.6 Å². The predicted molar refractivity (Wildman–Crippen MR) is 54.4 cm³/mol. The highest BCUT2D eigenvalue weighted by atomic mass is 32.1. The minimum Gasteiger partial charge on any atom is -0.464 e. The Hall–Kier alpha value is -1.10. The molecule has 1 rings (SSSR count). The molecule has 4 nitrogen and oxygen atoms in total. The number of rotatable bonds is 5. The van der Waals surface area contributed by atoms with Crippen molar-refractivity contribution in [1.82, 2.24) is 4.57 Å². The summed E-state index contributed by atoms with van der Waals surface area (Å²) in [6.45, 7) is 2.48. The number of hydrogen-bond donors (Lipinski definition) is 0. The van der Waals surface area contributed by atoms with Gasteiger partial charge in [0.2, 0.25) is 0 Å². The van der Waals surface area contributed by atoms with Gasteiger partial charge >= 0.3 is 10.8 Å². The highest BCUT2D eigenvalue weighted by Gasteiger charge is 2.05. The van der Waals surface area contributed by atoms with Crippen molar-refractivity contribution in [3.8, 4) is 0 Å². The summed E-state index contributed by atoms with van der Waals surface area (Å²) in [7, 11) is 0. The summed E-state index contributed by atoms with van der Waals surface area (Å²) in [4.78, 5) is 22.1. The van der Waals surface area contributed by atoms with Crippen molar-refractivity contribution in [2.75, 3.05) is 6.61 Å². The number of esters is 1. The first-order valence-corrected chi connectivity index (χ1v) is 5.41. The predicted octanol–water partition coefficient (Wildman–Crippen LogP) is 1.25. The quantitative estimate of drug-likeness (QED) is 0.548. The number of aromatic nitrogens is 1. The SMILES string of the molecule is CCCCOC(=O)Cn1ccsc1=O. The molecule has 0 amide bonds. The molecule has 0 unspecified atom stereocenters. The molecule has 0 aliphatic rings. The highest BCUT2D eigenvalue weighted by molar-refractivity contribution is 7.07. The van der Waals surface area contributed by atoms with Crippen molar-refractivity contribution in [2.45, 2.75) is 26.3 Å². The molecule has 5 heteroatoms. The van der Waals surface area contributed by atoms with E-state index >= 15 is 0 Å². The van der Waals surface area contributed by atoms with Crippen LogP contribution in [0.15, 0.2) is 16.4 Å². The van der Waals surface area contributed by atoms with Crippen LogP contribution in [0, 0.1) is 0 Å². The van der Waals surface area contributed by atoms with Gasteiger partial charge in [-0.2, -0.15) is 0 Å². The fourth-order valence-electron chi connectivity index (χ4n) is 0.923. The molecule has 0 N–H and O–H groups in total. The number of hydrogen-bond acceptors (Lipinski definition) is 4. The van der Waals surface area contributed by atoms with E-state index in [4.69, 9.17) is 4.74 Å². The van der Waals surface area contributed by atoms with E-state index in [1.54, 1.807) is 11.6 Å². The first-order chi connectivity index (χ1) is 6.74. The zero-order valence-corrected chi connectivity index (χ0v) is 8.88. The summed E-state index contributed by atoms with van der Waals surface area (Å²) in [5, 5.41) is 1.65. The molecule has 0 bridgehead atoms. The lowest BCUT2D eigenvalue weighted by Gasteiger charge is -2.03. The molecule has 0 aliphatic carbocycles. The van der Waals surface area contributed by atoms with E-state index in [1.807, 2.05) is 6.92 Å². The molecule has 14 heavy (non-hydrogen) atoms. The van der Waals surface area contributed by atoms with E-state index in [-0.39, 0.29) is 17.4 Å². The van der Waals surface area contributed by atoms with Crippen LogP contribution in [0.1, 0.15) is 19.8 Å². The molecule has 1 aromatic heterocycles. The number of ether oxygens (including phenoxy) is 1. The van der Waals surface area contributed by atoms with E-state index in [0.717, 1.165) is 24.2 Å². The summed E-state index contributed by atoms with van der Waals surface area (Å²) in [6, 6.07) is 0. The van der Waals surface area contributed by atoms with Gasteiger partial charge in [0.1, 0.15) is 6.54 Å². The first-order valence-electron chi connectivity index (χ1n) is 4.53. The molecule has 0 aromatic carbocycles. The Morgan fingerprint density at radius 3 is 3.00 bits per heavy atom. The topological polar surface area (TPSA) is 48.3 Å². The molecule has 0 atom stereocenters. The lowest BCUT2D eigenvalue weighted by atomic mass is 10.4. The van der Waals surface area contributed by atoms with E-state index in [1.165, 1.54) is 4.57 Å². The van der Waals surface area contributed by atoms with Gasteiger partial charge in [-0.3, -0.25) is 14.2 Å². The minimum atomic E-state index is -0.348. The third-order valence-electron chi connectivity index (χ3n) is 1.70. The zero-order chi connectivity index (χ0) is 10.4. The minimum absolute atomic E-state index is 0.0199. The van der Waals surface area contributed by atoms with Crippen LogP contribution in [0.5, 0.6) is 0 Å². The Morgan fingerprint density at radius 1 is 1.64 bits per heavy atom. The number of nitrogens with zero attached hydrogens (tertiary/aromatic N) is 1. The third-order valence-corrected chi connectivity index (χ3v) is 2.40. The van der Waals surface area contributed by atoms with Crippen molar-refractivity contribution in [1.29, 1.82) is 0 Å². The maximum Gasteiger partial charge on any atom is 0.326 e. The van der Waals surface area contributed by atoms with Crippen molar-refractivity contribution in [3.05, 3.63) is 21.2 Å². The van der Waals surface area contributed by atoms with Gasteiger partial charge in [-0.15, -0.1) is 0 Å². The second-order valence-corrected chi connectivity index (χ2v) is 3.73. The van der Waals surface area contributed by atoms with Crippen LogP contribution in [-0.4, -0.2) is 17.1 Å². The standard InChI is InChI=1S/C9H13NO3S/c1-2-3-5-13-8(11)7-10-4-6-14-9(10)12/h4,6H,2-3,5,7H2,1H3. The molecule has 0 saturated heterocycles. The zero-order valence-electron chi connectivity index (χ0n) is 8.06. The van der Waals surface area contributed by atoms with E-state index < -0.39 is 0 Å². The molecule has 0 saturated carbocycles. The normalized spacial score (nSPS) is 10.1. The van der Waals surface area contributed by atoms with Gasteiger partial charge in [-0.25, -0.2) is 0 Å². The number of carbonyl (C=O) groups excluding carboxylic acids is 1. The average molecular weight is 215 g/mol. The Kier molecular flexibility index (Phi) is 4.39. The lowest BCUT2D eigenvalue weighted by molar-refractivity contribution is -0.144. The molecule has 1 aromatic rings.